The number of aryl methyl sites for hydroxylation is 2. The highest BCUT2D eigenvalue weighted by Crippen LogP contribution is 2.30. The van der Waals surface area contributed by atoms with Gasteiger partial charge in [-0.15, -0.1) is 11.3 Å². The molecule has 7 heteroatoms. The Hall–Kier alpha value is -2.93. The Kier molecular flexibility index (Phi) is 5.41. The highest BCUT2D eigenvalue weighted by Gasteiger charge is 2.28. The van der Waals surface area contributed by atoms with Gasteiger partial charge in [-0.1, -0.05) is 30.3 Å². The normalized spacial score (nSPS) is 13.1. The van der Waals surface area contributed by atoms with E-state index in [0.29, 0.717) is 21.3 Å². The summed E-state index contributed by atoms with van der Waals surface area (Å²) < 4.78 is 5.58. The number of carbonyl (C=O) groups is 2. The number of aromatic nitrogens is 1. The van der Waals surface area contributed by atoms with Gasteiger partial charge in [0.2, 0.25) is 0 Å². The predicted octanol–water partition coefficient (Wildman–Crippen LogP) is 4.21. The van der Waals surface area contributed by atoms with E-state index >= 15 is 0 Å². The monoisotopic (exact) mass is 384 g/mol. The van der Waals surface area contributed by atoms with Gasteiger partial charge >= 0.3 is 5.97 Å². The van der Waals surface area contributed by atoms with Crippen molar-refractivity contribution in [2.45, 2.75) is 26.8 Å². The molecule has 6 nitrogen and oxygen atoms in total. The van der Waals surface area contributed by atoms with Crippen LogP contribution in [-0.4, -0.2) is 22.0 Å². The molecule has 0 aliphatic carbocycles. The number of aliphatic carboxylic acids is 1. The van der Waals surface area contributed by atoms with Crippen molar-refractivity contribution in [1.82, 2.24) is 10.3 Å². The summed E-state index contributed by atoms with van der Waals surface area (Å²) in [7, 11) is 0. The second-order valence-electron chi connectivity index (χ2n) is 6.33. The molecule has 3 aromatic rings. The number of nitrogens with zero attached hydrogens (tertiary/aromatic N) is 1. The third-order valence-electron chi connectivity index (χ3n) is 4.29. The van der Waals surface area contributed by atoms with Gasteiger partial charge in [0.1, 0.15) is 10.6 Å². The standard InChI is InChI=1S/C20H20N2O4S/c1-11-9-10-15(26-11)19-21-13(3)17(27-19)18(23)22-16(12(2)20(24)25)14-7-5-4-6-8-14/h4-10,12,16H,1-3H3,(H,22,23)(H,24,25). The van der Waals surface area contributed by atoms with Gasteiger partial charge in [-0.05, 0) is 38.5 Å². The molecule has 2 aromatic heterocycles. The van der Waals surface area contributed by atoms with Gasteiger partial charge in [0.25, 0.3) is 5.91 Å². The van der Waals surface area contributed by atoms with Crippen molar-refractivity contribution in [3.63, 3.8) is 0 Å². The molecule has 140 valence electrons. The van der Waals surface area contributed by atoms with Crippen molar-refractivity contribution in [3.8, 4) is 10.8 Å². The summed E-state index contributed by atoms with van der Waals surface area (Å²) in [6, 6.07) is 12.1. The predicted molar refractivity (Wildman–Crippen MR) is 103 cm³/mol. The number of rotatable bonds is 6. The Morgan fingerprint density at radius 3 is 2.44 bits per heavy atom. The Morgan fingerprint density at radius 2 is 1.85 bits per heavy atom. The molecular formula is C20H20N2O4S. The molecule has 0 saturated carbocycles. The summed E-state index contributed by atoms with van der Waals surface area (Å²) >= 11 is 1.23. The molecule has 3 rings (SSSR count). The molecule has 0 aliphatic rings. The average Bonchev–Trinajstić information content (AvgIpc) is 3.25. The number of carboxylic acid groups (broad SMARTS) is 1. The Labute approximate surface area is 160 Å². The van der Waals surface area contributed by atoms with Crippen molar-refractivity contribution in [2.75, 3.05) is 0 Å². The van der Waals surface area contributed by atoms with Crippen LogP contribution in [0, 0.1) is 19.8 Å². The minimum absolute atomic E-state index is 0.346. The topological polar surface area (TPSA) is 92.4 Å². The number of thiazole rings is 1. The molecule has 2 heterocycles. The molecule has 27 heavy (non-hydrogen) atoms. The van der Waals surface area contributed by atoms with E-state index in [0.717, 1.165) is 11.3 Å². The van der Waals surface area contributed by atoms with Gasteiger partial charge in [0.05, 0.1) is 17.7 Å². The Bertz CT molecular complexity index is 962. The quantitative estimate of drug-likeness (QED) is 0.664. The molecule has 0 fully saturated rings. The maximum atomic E-state index is 12.9. The number of nitrogens with one attached hydrogen (secondary N) is 1. The number of furan rings is 1. The van der Waals surface area contributed by atoms with E-state index in [2.05, 4.69) is 10.3 Å². The van der Waals surface area contributed by atoms with Crippen LogP contribution in [0.3, 0.4) is 0 Å². The summed E-state index contributed by atoms with van der Waals surface area (Å²) in [4.78, 5) is 29.2. The summed E-state index contributed by atoms with van der Waals surface area (Å²) in [5.41, 5.74) is 1.32. The Morgan fingerprint density at radius 1 is 1.15 bits per heavy atom. The van der Waals surface area contributed by atoms with Crippen molar-refractivity contribution < 1.29 is 19.1 Å². The fourth-order valence-electron chi connectivity index (χ4n) is 2.77. The van der Waals surface area contributed by atoms with E-state index in [9.17, 15) is 14.7 Å². The van der Waals surface area contributed by atoms with Crippen LogP contribution in [0.5, 0.6) is 0 Å². The van der Waals surface area contributed by atoms with Gasteiger partial charge in [-0.25, -0.2) is 4.98 Å². The van der Waals surface area contributed by atoms with E-state index < -0.39 is 17.9 Å². The second kappa shape index (κ2) is 7.75. The maximum Gasteiger partial charge on any atom is 0.308 e. The lowest BCUT2D eigenvalue weighted by atomic mass is 9.94. The van der Waals surface area contributed by atoms with E-state index in [1.807, 2.05) is 37.3 Å². The zero-order chi connectivity index (χ0) is 19.6. The third kappa shape index (κ3) is 4.09. The van der Waals surface area contributed by atoms with E-state index in [1.54, 1.807) is 26.0 Å². The molecule has 0 aliphatic heterocycles. The lowest BCUT2D eigenvalue weighted by Crippen LogP contribution is -2.35. The van der Waals surface area contributed by atoms with Gasteiger partial charge < -0.3 is 14.8 Å². The molecule has 2 N–H and O–H groups in total. The van der Waals surface area contributed by atoms with E-state index in [4.69, 9.17) is 4.42 Å². The molecule has 0 spiro atoms. The maximum absolute atomic E-state index is 12.9. The van der Waals surface area contributed by atoms with Crippen LogP contribution in [0.25, 0.3) is 10.8 Å². The van der Waals surface area contributed by atoms with E-state index in [-0.39, 0.29) is 5.91 Å². The molecule has 2 unspecified atom stereocenters. The number of amides is 1. The second-order valence-corrected chi connectivity index (χ2v) is 7.33. The number of hydrogen-bond donors (Lipinski definition) is 2. The summed E-state index contributed by atoms with van der Waals surface area (Å²) in [6.07, 6.45) is 0. The minimum atomic E-state index is -0.975. The van der Waals surface area contributed by atoms with Crippen LogP contribution in [0.15, 0.2) is 46.9 Å². The van der Waals surface area contributed by atoms with Crippen molar-refractivity contribution in [3.05, 3.63) is 64.4 Å². The number of carbonyl (C=O) groups excluding carboxylic acids is 1. The summed E-state index contributed by atoms with van der Waals surface area (Å²) in [6.45, 7) is 5.18. The SMILES string of the molecule is Cc1ccc(-c2nc(C)c(C(=O)NC(c3ccccc3)C(C)C(=O)O)s2)o1. The van der Waals surface area contributed by atoms with Crippen molar-refractivity contribution in [2.24, 2.45) is 5.92 Å². The Balaban J connectivity index is 1.88. The zero-order valence-electron chi connectivity index (χ0n) is 15.2. The van der Waals surface area contributed by atoms with Crippen LogP contribution < -0.4 is 5.32 Å². The van der Waals surface area contributed by atoms with Gasteiger partial charge in [0, 0.05) is 0 Å². The first-order chi connectivity index (χ1) is 12.9. The molecule has 0 radical (unpaired) electrons. The fraction of sp³-hybridized carbons (Fsp3) is 0.250. The number of hydrogen-bond acceptors (Lipinski definition) is 5. The van der Waals surface area contributed by atoms with Gasteiger partial charge in [0.15, 0.2) is 10.8 Å². The first-order valence-corrected chi connectivity index (χ1v) is 9.31. The first-order valence-electron chi connectivity index (χ1n) is 8.49. The summed E-state index contributed by atoms with van der Waals surface area (Å²) in [5, 5.41) is 12.9. The van der Waals surface area contributed by atoms with Crippen molar-refractivity contribution >= 4 is 23.2 Å². The smallest absolute Gasteiger partial charge is 0.308 e. The van der Waals surface area contributed by atoms with E-state index in [1.165, 1.54) is 11.3 Å². The fourth-order valence-corrected chi connectivity index (χ4v) is 3.70. The van der Waals surface area contributed by atoms with Crippen LogP contribution in [0.1, 0.15) is 39.7 Å². The third-order valence-corrected chi connectivity index (χ3v) is 5.46. The molecule has 1 amide bonds. The summed E-state index contributed by atoms with van der Waals surface area (Å²) in [5.74, 6) is -0.725. The molecule has 0 saturated heterocycles. The van der Waals surface area contributed by atoms with Crippen LogP contribution in [0.4, 0.5) is 0 Å². The average molecular weight is 384 g/mol. The zero-order valence-corrected chi connectivity index (χ0v) is 16.0. The van der Waals surface area contributed by atoms with Crippen molar-refractivity contribution in [1.29, 1.82) is 0 Å². The molecule has 0 bridgehead atoms. The van der Waals surface area contributed by atoms with Crippen LogP contribution in [0.2, 0.25) is 0 Å². The highest BCUT2D eigenvalue weighted by atomic mass is 32.1. The van der Waals surface area contributed by atoms with Gasteiger partial charge in [-0.2, -0.15) is 0 Å². The van der Waals surface area contributed by atoms with Crippen LogP contribution >= 0.6 is 11.3 Å². The molecule has 1 aromatic carbocycles. The molecule has 2 atom stereocenters. The number of carboxylic acids is 1. The lowest BCUT2D eigenvalue weighted by Gasteiger charge is -2.22. The van der Waals surface area contributed by atoms with Gasteiger partial charge in [-0.3, -0.25) is 9.59 Å². The highest BCUT2D eigenvalue weighted by molar-refractivity contribution is 7.17. The van der Waals surface area contributed by atoms with Crippen LogP contribution in [-0.2, 0) is 4.79 Å². The first kappa shape index (κ1) is 18.8. The minimum Gasteiger partial charge on any atom is -0.481 e. The largest absolute Gasteiger partial charge is 0.481 e. The lowest BCUT2D eigenvalue weighted by molar-refractivity contribution is -0.142. The number of benzene rings is 1. The molecular weight excluding hydrogens is 364 g/mol.